The Hall–Kier alpha value is -0.500. The molecule has 1 rings (SSSR count). The van der Waals surface area contributed by atoms with Crippen molar-refractivity contribution in [2.24, 2.45) is 0 Å². The first-order valence-corrected chi connectivity index (χ1v) is 8.50. The number of para-hydroxylation sites is 1. The minimum Gasteiger partial charge on any atom is -0.424 e. The Bertz CT molecular complexity index is 370. The van der Waals surface area contributed by atoms with Crippen LogP contribution in [0.15, 0.2) is 30.3 Å². The highest BCUT2D eigenvalue weighted by Crippen LogP contribution is 2.49. The molecule has 18 heavy (non-hydrogen) atoms. The molecule has 1 atom stereocenters. The van der Waals surface area contributed by atoms with Gasteiger partial charge in [-0.05, 0) is 18.6 Å². The number of benzene rings is 1. The lowest BCUT2D eigenvalue weighted by Crippen LogP contribution is -2.01. The monoisotopic (exact) mass is 290 g/mol. The number of hydrogen-bond donors (Lipinski definition) is 0. The summed E-state index contributed by atoms with van der Waals surface area (Å²) in [4.78, 5) is 0. The predicted octanol–water partition coefficient (Wildman–Crippen LogP) is 5.05. The van der Waals surface area contributed by atoms with E-state index in [4.69, 9.17) is 20.6 Å². The van der Waals surface area contributed by atoms with E-state index >= 15 is 0 Å². The van der Waals surface area contributed by atoms with Crippen LogP contribution in [-0.2, 0) is 9.09 Å². The van der Waals surface area contributed by atoms with Gasteiger partial charge in [0.1, 0.15) is 11.4 Å². The van der Waals surface area contributed by atoms with Crippen molar-refractivity contribution in [3.05, 3.63) is 30.3 Å². The van der Waals surface area contributed by atoms with Crippen LogP contribution in [0.5, 0.6) is 5.75 Å². The van der Waals surface area contributed by atoms with Crippen molar-refractivity contribution >= 4 is 19.2 Å². The first-order chi connectivity index (χ1) is 8.70. The van der Waals surface area contributed by atoms with E-state index in [2.05, 4.69) is 6.92 Å². The molecular weight excluding hydrogens is 271 g/mol. The second kappa shape index (κ2) is 8.58. The lowest BCUT2D eigenvalue weighted by atomic mass is 10.2. The molecule has 1 aromatic rings. The Morgan fingerprint density at radius 2 is 1.89 bits per heavy atom. The fraction of sp³-hybridized carbons (Fsp3) is 0.538. The molecule has 0 heterocycles. The fourth-order valence-corrected chi connectivity index (χ4v) is 2.83. The molecule has 0 aliphatic carbocycles. The minimum absolute atomic E-state index is 0.129. The summed E-state index contributed by atoms with van der Waals surface area (Å²) in [5, 5.41) is 0. The number of rotatable bonds is 9. The van der Waals surface area contributed by atoms with Crippen LogP contribution in [0.4, 0.5) is 0 Å². The normalized spacial score (nSPS) is 14.1. The van der Waals surface area contributed by atoms with E-state index in [1.165, 1.54) is 0 Å². The molecule has 3 nitrogen and oxygen atoms in total. The zero-order valence-electron chi connectivity index (χ0n) is 10.7. The van der Waals surface area contributed by atoms with Gasteiger partial charge in [-0.2, -0.15) is 0 Å². The highest BCUT2D eigenvalue weighted by atomic mass is 35.5. The van der Waals surface area contributed by atoms with E-state index in [0.717, 1.165) is 25.7 Å². The molecule has 0 aromatic heterocycles. The van der Waals surface area contributed by atoms with Gasteiger partial charge in [-0.3, -0.25) is 4.52 Å². The molecule has 0 saturated carbocycles. The quantitative estimate of drug-likeness (QED) is 0.362. The molecule has 0 unspecified atom stereocenters. The lowest BCUT2D eigenvalue weighted by Gasteiger charge is -2.17. The zero-order valence-corrected chi connectivity index (χ0v) is 12.3. The van der Waals surface area contributed by atoms with Gasteiger partial charge < -0.3 is 4.52 Å². The average molecular weight is 291 g/mol. The average Bonchev–Trinajstić information content (AvgIpc) is 2.40. The number of alkyl halides is 1. The van der Waals surface area contributed by atoms with Crippen LogP contribution in [0.1, 0.15) is 32.6 Å². The van der Waals surface area contributed by atoms with Crippen LogP contribution in [0.25, 0.3) is 0 Å². The minimum atomic E-state index is -3.21. The van der Waals surface area contributed by atoms with Crippen molar-refractivity contribution < 1.29 is 13.6 Å². The van der Waals surface area contributed by atoms with Crippen LogP contribution in [0.2, 0.25) is 0 Å². The first kappa shape index (κ1) is 15.6. The van der Waals surface area contributed by atoms with E-state index < -0.39 is 7.60 Å². The summed E-state index contributed by atoms with van der Waals surface area (Å²) in [6.07, 6.45) is 4.28. The summed E-state index contributed by atoms with van der Waals surface area (Å²) >= 11 is 5.69. The van der Waals surface area contributed by atoms with E-state index in [1.807, 2.05) is 18.2 Å². The zero-order chi connectivity index (χ0) is 13.3. The maximum Gasteiger partial charge on any atom is 0.393 e. The summed E-state index contributed by atoms with van der Waals surface area (Å²) in [5.41, 5.74) is -0.129. The van der Waals surface area contributed by atoms with Crippen molar-refractivity contribution in [2.45, 2.75) is 32.6 Å². The Morgan fingerprint density at radius 1 is 1.17 bits per heavy atom. The highest BCUT2D eigenvalue weighted by Gasteiger charge is 2.24. The van der Waals surface area contributed by atoms with Crippen molar-refractivity contribution in [1.29, 1.82) is 0 Å². The topological polar surface area (TPSA) is 35.5 Å². The molecule has 0 fully saturated rings. The maximum absolute atomic E-state index is 12.2. The van der Waals surface area contributed by atoms with Gasteiger partial charge in [0.15, 0.2) is 0 Å². The number of unbranched alkanes of at least 4 members (excludes halogenated alkanes) is 3. The SMILES string of the molecule is CCCCCCO[P@](=O)(CCl)Oc1ccccc1. The third-order valence-corrected chi connectivity index (χ3v) is 4.66. The third kappa shape index (κ3) is 5.90. The molecule has 0 aliphatic rings. The second-order valence-electron chi connectivity index (χ2n) is 4.03. The molecule has 102 valence electrons. The summed E-state index contributed by atoms with van der Waals surface area (Å²) in [6.45, 7) is 2.57. The summed E-state index contributed by atoms with van der Waals surface area (Å²) in [7, 11) is -3.21. The van der Waals surface area contributed by atoms with Crippen molar-refractivity contribution in [3.63, 3.8) is 0 Å². The van der Waals surface area contributed by atoms with Crippen molar-refractivity contribution in [1.82, 2.24) is 0 Å². The van der Waals surface area contributed by atoms with E-state index in [0.29, 0.717) is 12.4 Å². The molecule has 0 N–H and O–H groups in total. The van der Waals surface area contributed by atoms with E-state index in [1.54, 1.807) is 12.1 Å². The van der Waals surface area contributed by atoms with Crippen molar-refractivity contribution in [2.75, 3.05) is 12.2 Å². The lowest BCUT2D eigenvalue weighted by molar-refractivity contribution is 0.261. The van der Waals surface area contributed by atoms with Crippen molar-refractivity contribution in [3.8, 4) is 5.75 Å². The molecule has 0 spiro atoms. The Kier molecular flexibility index (Phi) is 7.41. The summed E-state index contributed by atoms with van der Waals surface area (Å²) < 4.78 is 22.9. The third-order valence-electron chi connectivity index (χ3n) is 2.42. The molecule has 0 bridgehead atoms. The van der Waals surface area contributed by atoms with Crippen LogP contribution in [-0.4, -0.2) is 12.2 Å². The molecule has 5 heteroatoms. The Morgan fingerprint density at radius 3 is 2.50 bits per heavy atom. The van der Waals surface area contributed by atoms with Gasteiger partial charge >= 0.3 is 7.60 Å². The number of hydrogen-bond acceptors (Lipinski definition) is 3. The van der Waals surface area contributed by atoms with Gasteiger partial charge in [0.25, 0.3) is 0 Å². The fourth-order valence-electron chi connectivity index (χ4n) is 1.46. The molecule has 1 aromatic carbocycles. The van der Waals surface area contributed by atoms with Gasteiger partial charge in [0.2, 0.25) is 0 Å². The van der Waals surface area contributed by atoms with E-state index in [9.17, 15) is 4.57 Å². The van der Waals surface area contributed by atoms with E-state index in [-0.39, 0.29) is 5.62 Å². The molecular formula is C13H20ClO3P. The Labute approximate surface area is 114 Å². The first-order valence-electron chi connectivity index (χ1n) is 6.24. The van der Waals surface area contributed by atoms with Crippen LogP contribution >= 0.6 is 19.2 Å². The summed E-state index contributed by atoms with van der Waals surface area (Å²) in [6, 6.07) is 8.97. The standard InChI is InChI=1S/C13H20ClO3P/c1-2-3-4-8-11-16-18(15,12-14)17-13-9-6-5-7-10-13/h5-7,9-10H,2-4,8,11-12H2,1H3/t18-/m1/s1. The second-order valence-corrected chi connectivity index (χ2v) is 6.65. The maximum atomic E-state index is 12.2. The number of halogens is 1. The van der Waals surface area contributed by atoms with Gasteiger partial charge in [-0.1, -0.05) is 44.4 Å². The highest BCUT2D eigenvalue weighted by molar-refractivity contribution is 7.56. The van der Waals surface area contributed by atoms with Crippen LogP contribution in [0, 0.1) is 0 Å². The summed E-state index contributed by atoms with van der Waals surface area (Å²) in [5.74, 6) is 0.523. The van der Waals surface area contributed by atoms with Crippen LogP contribution in [0.3, 0.4) is 0 Å². The largest absolute Gasteiger partial charge is 0.424 e. The molecule has 0 aliphatic heterocycles. The van der Waals surface area contributed by atoms with Crippen LogP contribution < -0.4 is 4.52 Å². The van der Waals surface area contributed by atoms with Gasteiger partial charge in [0.05, 0.1) is 6.61 Å². The van der Waals surface area contributed by atoms with Gasteiger partial charge in [0, 0.05) is 0 Å². The molecule has 0 saturated heterocycles. The predicted molar refractivity (Wildman–Crippen MR) is 75.5 cm³/mol. The smallest absolute Gasteiger partial charge is 0.393 e. The Balaban J connectivity index is 2.40. The van der Waals surface area contributed by atoms with Gasteiger partial charge in [-0.15, -0.1) is 11.6 Å². The molecule has 0 amide bonds. The molecule has 0 radical (unpaired) electrons. The van der Waals surface area contributed by atoms with Gasteiger partial charge in [-0.25, -0.2) is 4.57 Å².